The molecular formula is C29H43NO4. The standard InChI is InChI=1S/C29H43NO4/c1-17-19-6-10-28-13-14-30-29-16-18(24(33)34)5-8-25(29,2)11-12-27(28,4)22(29)15-21(32)23(28)26(19,3)9-7-20(17)31/h15,17-20,23,30-31H,5-14,16H2,1-4H3,(H,33,34). The molecule has 10 unspecified atom stereocenters. The summed E-state index contributed by atoms with van der Waals surface area (Å²) >= 11 is 0. The number of hydrogen-bond donors (Lipinski definition) is 3. The van der Waals surface area contributed by atoms with Crippen molar-refractivity contribution < 1.29 is 19.8 Å². The summed E-state index contributed by atoms with van der Waals surface area (Å²) in [7, 11) is 0. The minimum absolute atomic E-state index is 0.00242. The zero-order valence-corrected chi connectivity index (χ0v) is 21.5. The number of carbonyl (C=O) groups excluding carboxylic acids is 1. The van der Waals surface area contributed by atoms with Gasteiger partial charge in [0.05, 0.1) is 12.0 Å². The molecule has 5 aliphatic carbocycles. The van der Waals surface area contributed by atoms with Gasteiger partial charge in [0.15, 0.2) is 5.78 Å². The number of carbonyl (C=O) groups is 2. The number of ketones is 1. The number of allylic oxidation sites excluding steroid dienone is 1. The van der Waals surface area contributed by atoms with E-state index in [1.165, 1.54) is 5.57 Å². The summed E-state index contributed by atoms with van der Waals surface area (Å²) in [6.45, 7) is 10.2. The number of nitrogens with one attached hydrogen (secondary N) is 1. The molecule has 0 radical (unpaired) electrons. The van der Waals surface area contributed by atoms with Crippen molar-refractivity contribution >= 4 is 11.8 Å². The van der Waals surface area contributed by atoms with Crippen LogP contribution in [0.25, 0.3) is 0 Å². The Kier molecular flexibility index (Phi) is 4.76. The highest BCUT2D eigenvalue weighted by Gasteiger charge is 2.73. The zero-order chi connectivity index (χ0) is 24.3. The van der Waals surface area contributed by atoms with Gasteiger partial charge in [-0.3, -0.25) is 9.59 Å². The fraction of sp³-hybridized carbons (Fsp3) is 0.862. The maximum Gasteiger partial charge on any atom is 0.306 e. The van der Waals surface area contributed by atoms with Crippen LogP contribution in [0.1, 0.15) is 91.9 Å². The molecule has 1 aliphatic heterocycles. The Bertz CT molecular complexity index is 975. The Balaban J connectivity index is 1.53. The van der Waals surface area contributed by atoms with Crippen LogP contribution in [0.4, 0.5) is 0 Å². The molecule has 0 aromatic heterocycles. The molecule has 5 heteroatoms. The van der Waals surface area contributed by atoms with Crippen LogP contribution in [0, 0.1) is 45.3 Å². The highest BCUT2D eigenvalue weighted by molar-refractivity contribution is 5.96. The number of hydrogen-bond acceptors (Lipinski definition) is 4. The first-order valence-electron chi connectivity index (χ1n) is 13.9. The highest BCUT2D eigenvalue weighted by atomic mass is 16.4. The van der Waals surface area contributed by atoms with E-state index in [2.05, 4.69) is 33.0 Å². The van der Waals surface area contributed by atoms with E-state index in [1.54, 1.807) is 0 Å². The molecule has 5 nitrogen and oxygen atoms in total. The van der Waals surface area contributed by atoms with Gasteiger partial charge < -0.3 is 15.5 Å². The molecule has 10 atom stereocenters. The number of fused-ring (bicyclic) bond motifs is 2. The van der Waals surface area contributed by atoms with Gasteiger partial charge in [0.1, 0.15) is 0 Å². The van der Waals surface area contributed by atoms with Crippen molar-refractivity contribution in [2.45, 2.75) is 104 Å². The van der Waals surface area contributed by atoms with Gasteiger partial charge in [0.25, 0.3) is 0 Å². The molecule has 5 fully saturated rings. The van der Waals surface area contributed by atoms with E-state index in [9.17, 15) is 19.8 Å². The molecule has 34 heavy (non-hydrogen) atoms. The van der Waals surface area contributed by atoms with E-state index in [0.717, 1.165) is 64.3 Å². The van der Waals surface area contributed by atoms with E-state index in [-0.39, 0.29) is 51.1 Å². The molecule has 2 spiro atoms. The number of aliphatic hydroxyl groups is 1. The molecule has 6 rings (SSSR count). The van der Waals surface area contributed by atoms with Crippen LogP contribution in [0.3, 0.4) is 0 Å². The summed E-state index contributed by atoms with van der Waals surface area (Å²) in [6.07, 6.45) is 11.1. The van der Waals surface area contributed by atoms with Crippen LogP contribution in [0.15, 0.2) is 11.6 Å². The van der Waals surface area contributed by atoms with E-state index < -0.39 is 5.97 Å². The molecule has 4 saturated carbocycles. The maximum absolute atomic E-state index is 14.3. The third-order valence-corrected chi connectivity index (χ3v) is 13.1. The Morgan fingerprint density at radius 2 is 1.79 bits per heavy atom. The van der Waals surface area contributed by atoms with Gasteiger partial charge in [-0.25, -0.2) is 0 Å². The van der Waals surface area contributed by atoms with Crippen molar-refractivity contribution in [3.05, 3.63) is 11.6 Å². The fourth-order valence-corrected chi connectivity index (χ4v) is 11.1. The Hall–Kier alpha value is -1.20. The summed E-state index contributed by atoms with van der Waals surface area (Å²) in [6, 6.07) is 0. The van der Waals surface area contributed by atoms with Crippen molar-refractivity contribution in [3.8, 4) is 0 Å². The smallest absolute Gasteiger partial charge is 0.306 e. The van der Waals surface area contributed by atoms with Crippen LogP contribution in [-0.2, 0) is 9.59 Å². The van der Waals surface area contributed by atoms with E-state index in [1.807, 2.05) is 6.08 Å². The maximum atomic E-state index is 14.3. The molecule has 0 aromatic carbocycles. The number of aliphatic carboxylic acids is 1. The third kappa shape index (κ3) is 2.49. The number of rotatable bonds is 1. The lowest BCUT2D eigenvalue weighted by Gasteiger charge is -2.71. The van der Waals surface area contributed by atoms with Crippen LogP contribution < -0.4 is 5.32 Å². The van der Waals surface area contributed by atoms with Crippen LogP contribution in [-0.4, -0.2) is 40.2 Å². The Labute approximate surface area is 204 Å². The predicted octanol–water partition coefficient (Wildman–Crippen LogP) is 4.73. The predicted molar refractivity (Wildman–Crippen MR) is 130 cm³/mol. The van der Waals surface area contributed by atoms with E-state index >= 15 is 0 Å². The summed E-state index contributed by atoms with van der Waals surface area (Å²) in [5.41, 5.74) is 0.627. The summed E-state index contributed by atoms with van der Waals surface area (Å²) < 4.78 is 0. The molecular weight excluding hydrogens is 426 g/mol. The lowest BCUT2D eigenvalue weighted by Crippen LogP contribution is -2.70. The number of carboxylic acids is 1. The largest absolute Gasteiger partial charge is 0.481 e. The molecule has 0 amide bonds. The molecule has 6 aliphatic rings. The molecule has 0 aromatic rings. The van der Waals surface area contributed by atoms with Crippen molar-refractivity contribution in [2.24, 2.45) is 45.3 Å². The average Bonchev–Trinajstić information content (AvgIpc) is 2.81. The topological polar surface area (TPSA) is 86.6 Å². The van der Waals surface area contributed by atoms with Crippen molar-refractivity contribution in [2.75, 3.05) is 6.54 Å². The molecule has 1 saturated heterocycles. The van der Waals surface area contributed by atoms with Crippen molar-refractivity contribution in [1.29, 1.82) is 0 Å². The monoisotopic (exact) mass is 469 g/mol. The van der Waals surface area contributed by atoms with Crippen LogP contribution in [0.5, 0.6) is 0 Å². The number of carboxylic acid groups (broad SMARTS) is 1. The minimum Gasteiger partial charge on any atom is -0.481 e. The van der Waals surface area contributed by atoms with Gasteiger partial charge in [0.2, 0.25) is 0 Å². The van der Waals surface area contributed by atoms with Crippen molar-refractivity contribution in [1.82, 2.24) is 5.32 Å². The van der Waals surface area contributed by atoms with E-state index in [4.69, 9.17) is 0 Å². The highest BCUT2D eigenvalue weighted by Crippen LogP contribution is 2.76. The first-order chi connectivity index (χ1) is 15.9. The van der Waals surface area contributed by atoms with Gasteiger partial charge in [-0.1, -0.05) is 27.7 Å². The van der Waals surface area contributed by atoms with Gasteiger partial charge >= 0.3 is 5.97 Å². The summed E-state index contributed by atoms with van der Waals surface area (Å²) in [4.78, 5) is 26.5. The van der Waals surface area contributed by atoms with Gasteiger partial charge in [-0.2, -0.15) is 0 Å². The normalized spacial score (nSPS) is 56.3. The minimum atomic E-state index is -0.687. The second-order valence-electron chi connectivity index (χ2n) is 13.9. The molecule has 1 heterocycles. The first-order valence-corrected chi connectivity index (χ1v) is 13.9. The SMILES string of the molecule is CC1C(O)CCC2(C)C1CCC13CCNC45CC(C(=O)O)CCC4(C)CCC1(C)C5=CC(=O)C23. The first kappa shape index (κ1) is 23.2. The Morgan fingerprint density at radius 1 is 1.03 bits per heavy atom. The van der Waals surface area contributed by atoms with Crippen LogP contribution >= 0.6 is 0 Å². The van der Waals surface area contributed by atoms with Crippen molar-refractivity contribution in [3.63, 3.8) is 0 Å². The summed E-state index contributed by atoms with van der Waals surface area (Å²) in [5.74, 6) is -0.107. The van der Waals surface area contributed by atoms with E-state index in [0.29, 0.717) is 18.1 Å². The number of aliphatic hydroxyl groups excluding tert-OH is 1. The quantitative estimate of drug-likeness (QED) is 0.517. The Morgan fingerprint density at radius 3 is 2.53 bits per heavy atom. The van der Waals surface area contributed by atoms with Crippen LogP contribution in [0.2, 0.25) is 0 Å². The lowest BCUT2D eigenvalue weighted by atomic mass is 9.33. The fourth-order valence-electron chi connectivity index (χ4n) is 11.1. The average molecular weight is 470 g/mol. The van der Waals surface area contributed by atoms with Gasteiger partial charge in [-0.15, -0.1) is 0 Å². The molecule has 188 valence electrons. The lowest BCUT2D eigenvalue weighted by molar-refractivity contribution is -0.188. The second-order valence-corrected chi connectivity index (χ2v) is 13.9. The second kappa shape index (κ2) is 6.97. The van der Waals surface area contributed by atoms with Gasteiger partial charge in [0, 0.05) is 11.5 Å². The summed E-state index contributed by atoms with van der Waals surface area (Å²) in [5, 5.41) is 24.6. The molecule has 3 N–H and O–H groups in total. The molecule has 4 bridgehead atoms. The zero-order valence-electron chi connectivity index (χ0n) is 21.5. The van der Waals surface area contributed by atoms with Gasteiger partial charge in [-0.05, 0) is 116 Å². The third-order valence-electron chi connectivity index (χ3n) is 13.1.